The van der Waals surface area contributed by atoms with Crippen molar-refractivity contribution in [1.82, 2.24) is 20.1 Å². The van der Waals surface area contributed by atoms with Crippen molar-refractivity contribution in [2.45, 2.75) is 83.2 Å². The average molecular weight is 582 g/mol. The van der Waals surface area contributed by atoms with Gasteiger partial charge in [0.1, 0.15) is 18.8 Å². The Kier molecular flexibility index (Phi) is 6.43. The summed E-state index contributed by atoms with van der Waals surface area (Å²) in [6, 6.07) is 9.82. The van der Waals surface area contributed by atoms with Gasteiger partial charge in [-0.05, 0) is 85.4 Å². The fourth-order valence-corrected chi connectivity index (χ4v) is 7.04. The molecule has 222 valence electrons. The first-order chi connectivity index (χ1) is 19.7. The van der Waals surface area contributed by atoms with Crippen LogP contribution in [0.15, 0.2) is 42.7 Å². The van der Waals surface area contributed by atoms with Gasteiger partial charge >= 0.3 is 12.3 Å². The van der Waals surface area contributed by atoms with Crippen LogP contribution < -0.4 is 10.2 Å². The van der Waals surface area contributed by atoms with Gasteiger partial charge in [0.15, 0.2) is 0 Å². The molecule has 0 atom stereocenters. The molecule has 3 aromatic rings. The summed E-state index contributed by atoms with van der Waals surface area (Å²) in [6.45, 7) is 5.68. The minimum atomic E-state index is -4.69. The zero-order valence-electron chi connectivity index (χ0n) is 24.1. The molecule has 1 aliphatic heterocycles. The third kappa shape index (κ3) is 4.82. The molecule has 2 saturated carbocycles. The maximum atomic E-state index is 14.2. The lowest BCUT2D eigenvalue weighted by atomic mass is 9.51. The van der Waals surface area contributed by atoms with E-state index < -0.39 is 29.2 Å². The molecular weight excluding hydrogens is 547 g/mol. The maximum Gasteiger partial charge on any atom is 0.416 e. The van der Waals surface area contributed by atoms with Gasteiger partial charge in [-0.25, -0.2) is 4.79 Å². The third-order valence-corrected chi connectivity index (χ3v) is 9.05. The number of benzene rings is 2. The Morgan fingerprint density at radius 3 is 2.45 bits per heavy atom. The Balaban J connectivity index is 1.29. The van der Waals surface area contributed by atoms with Crippen molar-refractivity contribution in [3.8, 4) is 0 Å². The smallest absolute Gasteiger partial charge is 0.416 e. The van der Waals surface area contributed by atoms with Crippen LogP contribution in [0.5, 0.6) is 0 Å². The molecule has 2 fully saturated rings. The number of nitrogens with one attached hydrogen (secondary N) is 1. The summed E-state index contributed by atoms with van der Waals surface area (Å²) in [4.78, 5) is 27.3. The van der Waals surface area contributed by atoms with E-state index in [1.165, 1.54) is 11.0 Å². The standard InChI is InChI=1S/C31H34F3N5O3/c1-28(2)16-30(17-28,26-37-35-18-38(26)4)20-7-5-8-21(13-20)39-14-23-22(25(39)40)11-19(12-24(23)31(32,33)34)15-42-27(41)36-29(3)9-6-10-29/h5,7-8,11-13,18H,6,9-10,14-17H2,1-4H3,(H,36,41). The molecule has 11 heteroatoms. The molecule has 1 aromatic heterocycles. The predicted molar refractivity (Wildman–Crippen MR) is 149 cm³/mol. The van der Waals surface area contributed by atoms with E-state index in [2.05, 4.69) is 29.4 Å². The third-order valence-electron chi connectivity index (χ3n) is 9.05. The largest absolute Gasteiger partial charge is 0.445 e. The first-order valence-electron chi connectivity index (χ1n) is 14.1. The van der Waals surface area contributed by atoms with Crippen LogP contribution in [0.25, 0.3) is 0 Å². The minimum Gasteiger partial charge on any atom is -0.445 e. The van der Waals surface area contributed by atoms with Gasteiger partial charge in [-0.15, -0.1) is 10.2 Å². The molecule has 8 nitrogen and oxygen atoms in total. The van der Waals surface area contributed by atoms with Crippen molar-refractivity contribution in [2.24, 2.45) is 12.5 Å². The fourth-order valence-electron chi connectivity index (χ4n) is 7.04. The van der Waals surface area contributed by atoms with Crippen molar-refractivity contribution in [2.75, 3.05) is 4.90 Å². The number of alkyl carbamates (subject to hydrolysis) is 1. The monoisotopic (exact) mass is 581 g/mol. The lowest BCUT2D eigenvalue weighted by molar-refractivity contribution is -0.138. The summed E-state index contributed by atoms with van der Waals surface area (Å²) in [5.41, 5.74) is -0.140. The van der Waals surface area contributed by atoms with Crippen LogP contribution in [0.3, 0.4) is 0 Å². The second kappa shape index (κ2) is 9.57. The van der Waals surface area contributed by atoms with Gasteiger partial charge in [-0.2, -0.15) is 13.2 Å². The highest BCUT2D eigenvalue weighted by Crippen LogP contribution is 2.58. The lowest BCUT2D eigenvalue weighted by Gasteiger charge is -2.53. The van der Waals surface area contributed by atoms with Crippen molar-refractivity contribution < 1.29 is 27.5 Å². The first-order valence-corrected chi connectivity index (χ1v) is 14.1. The minimum absolute atomic E-state index is 0.0343. The second-order valence-electron chi connectivity index (χ2n) is 13.1. The molecule has 6 rings (SSSR count). The zero-order chi connectivity index (χ0) is 30.1. The molecule has 2 aromatic carbocycles. The normalized spacial score (nSPS) is 20.0. The Bertz CT molecular complexity index is 1570. The van der Waals surface area contributed by atoms with Crippen molar-refractivity contribution in [3.05, 3.63) is 76.4 Å². The molecular formula is C31H34F3N5O3. The van der Waals surface area contributed by atoms with Gasteiger partial charge in [0.05, 0.1) is 17.5 Å². The van der Waals surface area contributed by atoms with Crippen molar-refractivity contribution >= 4 is 17.7 Å². The number of rotatable bonds is 6. The molecule has 0 bridgehead atoms. The topological polar surface area (TPSA) is 89.3 Å². The van der Waals surface area contributed by atoms with Gasteiger partial charge in [0.25, 0.3) is 5.91 Å². The van der Waals surface area contributed by atoms with E-state index in [-0.39, 0.29) is 40.8 Å². The molecule has 2 amide bonds. The highest BCUT2D eigenvalue weighted by molar-refractivity contribution is 6.10. The number of aromatic nitrogens is 3. The second-order valence-corrected chi connectivity index (χ2v) is 13.1. The number of carbonyl (C=O) groups excluding carboxylic acids is 2. The molecule has 1 N–H and O–H groups in total. The molecule has 0 unspecified atom stereocenters. The average Bonchev–Trinajstić information content (AvgIpc) is 3.47. The SMILES string of the molecule is Cn1cnnc1C1(c2cccc(N3Cc4c(cc(COC(=O)NC5(C)CCC5)cc4C(F)(F)F)C3=O)c2)CC(C)(C)C1. The molecule has 0 saturated heterocycles. The molecule has 0 radical (unpaired) electrons. The van der Waals surface area contributed by atoms with Gasteiger partial charge in [-0.3, -0.25) is 4.79 Å². The summed E-state index contributed by atoms with van der Waals surface area (Å²) < 4.78 is 49.8. The molecule has 42 heavy (non-hydrogen) atoms. The van der Waals surface area contributed by atoms with Crippen LogP contribution in [0.1, 0.15) is 91.3 Å². The van der Waals surface area contributed by atoms with Crippen molar-refractivity contribution in [3.63, 3.8) is 0 Å². The number of carbonyl (C=O) groups is 2. The molecule has 2 aliphatic carbocycles. The number of amides is 2. The van der Waals surface area contributed by atoms with Crippen LogP contribution >= 0.6 is 0 Å². The van der Waals surface area contributed by atoms with Crippen LogP contribution in [-0.2, 0) is 36.5 Å². The highest BCUT2D eigenvalue weighted by atomic mass is 19.4. The summed E-state index contributed by atoms with van der Waals surface area (Å²) in [7, 11) is 1.89. The number of ether oxygens (including phenoxy) is 1. The number of anilines is 1. The molecule has 3 aliphatic rings. The molecule has 2 heterocycles. The number of fused-ring (bicyclic) bond motifs is 1. The lowest BCUT2D eigenvalue weighted by Crippen LogP contribution is -2.51. The summed E-state index contributed by atoms with van der Waals surface area (Å²) in [5.74, 6) is 0.289. The predicted octanol–water partition coefficient (Wildman–Crippen LogP) is 6.27. The Morgan fingerprint density at radius 1 is 1.12 bits per heavy atom. The van der Waals surface area contributed by atoms with Crippen LogP contribution in [0, 0.1) is 5.41 Å². The van der Waals surface area contributed by atoms with E-state index >= 15 is 0 Å². The summed E-state index contributed by atoms with van der Waals surface area (Å²) in [5, 5.41) is 11.3. The Hall–Kier alpha value is -3.89. The zero-order valence-corrected chi connectivity index (χ0v) is 24.1. The van der Waals surface area contributed by atoms with E-state index in [0.29, 0.717) is 5.69 Å². The number of halogens is 3. The number of hydrogen-bond donors (Lipinski definition) is 1. The number of aryl methyl sites for hydroxylation is 1. The molecule has 0 spiro atoms. The van der Waals surface area contributed by atoms with Crippen molar-refractivity contribution in [1.29, 1.82) is 0 Å². The summed E-state index contributed by atoms with van der Waals surface area (Å²) >= 11 is 0. The van der Waals surface area contributed by atoms with Gasteiger partial charge in [-0.1, -0.05) is 26.0 Å². The highest BCUT2D eigenvalue weighted by Gasteiger charge is 2.54. The fraction of sp³-hybridized carbons (Fsp3) is 0.484. The van der Waals surface area contributed by atoms with Crippen LogP contribution in [0.2, 0.25) is 0 Å². The first kappa shape index (κ1) is 28.2. The number of alkyl halides is 3. The van der Waals surface area contributed by atoms with Gasteiger partial charge in [0, 0.05) is 23.8 Å². The van der Waals surface area contributed by atoms with Crippen LogP contribution in [-0.4, -0.2) is 32.3 Å². The van der Waals surface area contributed by atoms with Crippen LogP contribution in [0.4, 0.5) is 23.7 Å². The van der Waals surface area contributed by atoms with E-state index in [9.17, 15) is 22.8 Å². The van der Waals surface area contributed by atoms with Gasteiger partial charge in [0.2, 0.25) is 0 Å². The quantitative estimate of drug-likeness (QED) is 0.371. The number of nitrogens with zero attached hydrogens (tertiary/aromatic N) is 4. The van der Waals surface area contributed by atoms with E-state index in [1.54, 1.807) is 12.4 Å². The van der Waals surface area contributed by atoms with E-state index in [1.807, 2.05) is 36.7 Å². The maximum absolute atomic E-state index is 14.2. The summed E-state index contributed by atoms with van der Waals surface area (Å²) in [6.07, 6.45) is 0.557. The van der Waals surface area contributed by atoms with E-state index in [4.69, 9.17) is 4.74 Å². The van der Waals surface area contributed by atoms with E-state index in [0.717, 1.165) is 49.6 Å². The van der Waals surface area contributed by atoms with Gasteiger partial charge < -0.3 is 19.5 Å². The Labute approximate surface area is 242 Å². The number of hydrogen-bond acceptors (Lipinski definition) is 5. The Morgan fingerprint density at radius 2 is 1.86 bits per heavy atom.